The third-order valence-electron chi connectivity index (χ3n) is 6.43. The van der Waals surface area contributed by atoms with E-state index in [1.807, 2.05) is 6.92 Å². The smallest absolute Gasteiger partial charge is 0.290 e. The van der Waals surface area contributed by atoms with Gasteiger partial charge in [-0.05, 0) is 57.6 Å². The minimum atomic E-state index is -0.822. The van der Waals surface area contributed by atoms with Crippen LogP contribution >= 0.6 is 11.3 Å². The molecule has 0 radical (unpaired) electrons. The number of carbonyl (C=O) groups excluding carboxylic acids is 2. The van der Waals surface area contributed by atoms with Crippen molar-refractivity contribution >= 4 is 23.0 Å². The average molecular weight is 518 g/mol. The van der Waals surface area contributed by atoms with Crippen molar-refractivity contribution in [3.05, 3.63) is 44.6 Å². The first-order chi connectivity index (χ1) is 17.2. The Morgan fingerprint density at radius 1 is 1.11 bits per heavy atom. The van der Waals surface area contributed by atoms with Crippen LogP contribution in [0.1, 0.15) is 52.2 Å². The molecule has 10 heteroatoms. The number of rotatable bonds is 12. The molecule has 1 unspecified atom stereocenters. The Balaban J connectivity index is 2.12. The van der Waals surface area contributed by atoms with Crippen molar-refractivity contribution in [2.24, 2.45) is 0 Å². The Kier molecular flexibility index (Phi) is 8.97. The number of methoxy groups -OCH3 is 3. The molecule has 2 aromatic rings. The van der Waals surface area contributed by atoms with Crippen LogP contribution in [0.2, 0.25) is 0 Å². The Bertz CT molecular complexity index is 1130. The first kappa shape index (κ1) is 27.5. The number of ketones is 1. The molecule has 196 valence electrons. The molecule has 36 heavy (non-hydrogen) atoms. The maximum atomic E-state index is 13.8. The molecular formula is C26H35N3O6S. The van der Waals surface area contributed by atoms with Crippen molar-refractivity contribution in [3.63, 3.8) is 0 Å². The Morgan fingerprint density at radius 2 is 1.72 bits per heavy atom. The molecule has 0 bridgehead atoms. The molecule has 1 aromatic heterocycles. The Labute approximate surface area is 216 Å². The standard InChI is InChI=1S/C26H35N3O6S/c1-8-28(9-2)11-10-12-29-21(17-13-18(33-5)24(35-7)19(14-17)34-6)20(23(31)26(29)32)22(30)25-15(3)27-16(4)36-25/h13-14,21,31H,8-12H2,1-7H3. The molecule has 0 fully saturated rings. The number of aryl methyl sites for hydroxylation is 2. The summed E-state index contributed by atoms with van der Waals surface area (Å²) >= 11 is 1.25. The summed E-state index contributed by atoms with van der Waals surface area (Å²) in [6.45, 7) is 10.7. The Hall–Kier alpha value is -3.11. The van der Waals surface area contributed by atoms with Crippen LogP contribution in [0.3, 0.4) is 0 Å². The SMILES string of the molecule is CCN(CC)CCCN1C(=O)C(O)=C(C(=O)c2sc(C)nc2C)C1c1cc(OC)c(OC)c(OC)c1. The minimum Gasteiger partial charge on any atom is -0.503 e. The summed E-state index contributed by atoms with van der Waals surface area (Å²) < 4.78 is 16.5. The van der Waals surface area contributed by atoms with Crippen molar-refractivity contribution in [2.75, 3.05) is 47.5 Å². The van der Waals surface area contributed by atoms with Gasteiger partial charge >= 0.3 is 0 Å². The minimum absolute atomic E-state index is 0.0314. The lowest BCUT2D eigenvalue weighted by Crippen LogP contribution is -2.34. The fourth-order valence-electron chi connectivity index (χ4n) is 4.59. The zero-order valence-electron chi connectivity index (χ0n) is 22.0. The van der Waals surface area contributed by atoms with Gasteiger partial charge in [0.25, 0.3) is 5.91 Å². The van der Waals surface area contributed by atoms with E-state index in [1.54, 1.807) is 24.0 Å². The van der Waals surface area contributed by atoms with Gasteiger partial charge in [-0.3, -0.25) is 9.59 Å². The van der Waals surface area contributed by atoms with Crippen molar-refractivity contribution in [1.82, 2.24) is 14.8 Å². The van der Waals surface area contributed by atoms with E-state index in [9.17, 15) is 14.7 Å². The number of amides is 1. The van der Waals surface area contributed by atoms with Crippen LogP contribution < -0.4 is 14.2 Å². The lowest BCUT2D eigenvalue weighted by molar-refractivity contribution is -0.129. The zero-order valence-corrected chi connectivity index (χ0v) is 22.8. The molecule has 1 aliphatic heterocycles. The molecule has 1 N–H and O–H groups in total. The summed E-state index contributed by atoms with van der Waals surface area (Å²) in [5.41, 5.74) is 1.18. The van der Waals surface area contributed by atoms with E-state index in [0.717, 1.165) is 24.6 Å². The van der Waals surface area contributed by atoms with Crippen LogP contribution in [0.15, 0.2) is 23.5 Å². The van der Waals surface area contributed by atoms with E-state index in [1.165, 1.54) is 32.7 Å². The molecule has 0 saturated carbocycles. The van der Waals surface area contributed by atoms with Gasteiger partial charge in [0, 0.05) is 6.54 Å². The highest BCUT2D eigenvalue weighted by Gasteiger charge is 2.45. The molecule has 1 aromatic carbocycles. The number of Topliss-reactive ketones (excluding diaryl/α,β-unsaturated/α-hetero) is 1. The molecule has 3 rings (SSSR count). The number of thiazole rings is 1. The number of ether oxygens (including phenoxy) is 3. The monoisotopic (exact) mass is 517 g/mol. The number of aliphatic hydroxyl groups excluding tert-OH is 1. The van der Waals surface area contributed by atoms with Gasteiger partial charge < -0.3 is 29.1 Å². The van der Waals surface area contributed by atoms with Crippen LogP contribution in [0, 0.1) is 13.8 Å². The first-order valence-corrected chi connectivity index (χ1v) is 12.8. The third kappa shape index (κ3) is 5.19. The second-order valence-electron chi connectivity index (χ2n) is 8.48. The second-order valence-corrected chi connectivity index (χ2v) is 9.68. The fourth-order valence-corrected chi connectivity index (χ4v) is 5.46. The van der Waals surface area contributed by atoms with Gasteiger partial charge in [-0.2, -0.15) is 0 Å². The van der Waals surface area contributed by atoms with E-state index in [-0.39, 0.29) is 5.57 Å². The van der Waals surface area contributed by atoms with Crippen molar-refractivity contribution in [1.29, 1.82) is 0 Å². The Morgan fingerprint density at radius 3 is 2.19 bits per heavy atom. The normalized spacial score (nSPS) is 15.7. The predicted molar refractivity (Wildman–Crippen MR) is 139 cm³/mol. The summed E-state index contributed by atoms with van der Waals surface area (Å²) in [5, 5.41) is 11.7. The molecule has 2 heterocycles. The number of benzene rings is 1. The third-order valence-corrected chi connectivity index (χ3v) is 7.50. The number of carbonyl (C=O) groups is 2. The summed E-state index contributed by atoms with van der Waals surface area (Å²) in [5.74, 6) is -0.330. The van der Waals surface area contributed by atoms with Gasteiger partial charge in [0.05, 0.1) is 48.5 Å². The highest BCUT2D eigenvalue weighted by molar-refractivity contribution is 7.14. The van der Waals surface area contributed by atoms with Gasteiger partial charge in [-0.15, -0.1) is 11.3 Å². The van der Waals surface area contributed by atoms with Crippen LogP contribution in [0.5, 0.6) is 17.2 Å². The van der Waals surface area contributed by atoms with Crippen molar-refractivity contribution in [2.45, 2.75) is 40.2 Å². The van der Waals surface area contributed by atoms with Crippen molar-refractivity contribution in [3.8, 4) is 17.2 Å². The lowest BCUT2D eigenvalue weighted by atomic mass is 9.94. The predicted octanol–water partition coefficient (Wildman–Crippen LogP) is 4.10. The van der Waals surface area contributed by atoms with Gasteiger partial charge in [-0.25, -0.2) is 4.98 Å². The number of hydrogen-bond acceptors (Lipinski definition) is 9. The highest BCUT2D eigenvalue weighted by Crippen LogP contribution is 2.46. The molecule has 9 nitrogen and oxygen atoms in total. The topological polar surface area (TPSA) is 101 Å². The molecule has 0 aliphatic carbocycles. The van der Waals surface area contributed by atoms with E-state index in [0.29, 0.717) is 46.3 Å². The summed E-state index contributed by atoms with van der Waals surface area (Å²) in [7, 11) is 4.52. The van der Waals surface area contributed by atoms with E-state index < -0.39 is 23.5 Å². The van der Waals surface area contributed by atoms with E-state index in [4.69, 9.17) is 14.2 Å². The summed E-state index contributed by atoms with van der Waals surface area (Å²) in [6.07, 6.45) is 0.682. The van der Waals surface area contributed by atoms with Gasteiger partial charge in [0.15, 0.2) is 17.3 Å². The summed E-state index contributed by atoms with van der Waals surface area (Å²) in [6, 6.07) is 2.61. The highest BCUT2D eigenvalue weighted by atomic mass is 32.1. The summed E-state index contributed by atoms with van der Waals surface area (Å²) in [4.78, 5) is 35.7. The molecule has 1 aliphatic rings. The largest absolute Gasteiger partial charge is 0.503 e. The second kappa shape index (κ2) is 11.7. The van der Waals surface area contributed by atoms with Crippen LogP contribution in [-0.2, 0) is 4.79 Å². The molecule has 0 saturated heterocycles. The number of aromatic nitrogens is 1. The molecule has 1 amide bonds. The van der Waals surface area contributed by atoms with Gasteiger partial charge in [0.2, 0.25) is 11.5 Å². The van der Waals surface area contributed by atoms with Crippen LogP contribution in [0.25, 0.3) is 0 Å². The van der Waals surface area contributed by atoms with E-state index >= 15 is 0 Å². The van der Waals surface area contributed by atoms with Crippen LogP contribution in [0.4, 0.5) is 0 Å². The van der Waals surface area contributed by atoms with E-state index in [2.05, 4.69) is 23.7 Å². The van der Waals surface area contributed by atoms with Gasteiger partial charge in [0.1, 0.15) is 0 Å². The lowest BCUT2D eigenvalue weighted by Gasteiger charge is -2.29. The average Bonchev–Trinajstić information content (AvgIpc) is 3.35. The number of hydrogen-bond donors (Lipinski definition) is 1. The zero-order chi connectivity index (χ0) is 26.6. The maximum Gasteiger partial charge on any atom is 0.290 e. The van der Waals surface area contributed by atoms with Crippen molar-refractivity contribution < 1.29 is 28.9 Å². The quantitative estimate of drug-likeness (QED) is 0.420. The van der Waals surface area contributed by atoms with Gasteiger partial charge in [-0.1, -0.05) is 13.8 Å². The maximum absolute atomic E-state index is 13.8. The number of nitrogens with zero attached hydrogens (tertiary/aromatic N) is 3. The van der Waals surface area contributed by atoms with Crippen LogP contribution in [-0.4, -0.2) is 79.1 Å². The number of aliphatic hydroxyl groups is 1. The first-order valence-electron chi connectivity index (χ1n) is 12.0. The fraction of sp³-hybridized carbons (Fsp3) is 0.500. The molecular weight excluding hydrogens is 482 g/mol. The molecule has 0 spiro atoms. The molecule has 1 atom stereocenters.